The molecular weight excluding hydrogens is 437 g/mol. The number of guanidine groups is 1. The smallest absolute Gasteiger partial charge is 0.191 e. The highest BCUT2D eigenvalue weighted by Crippen LogP contribution is 2.37. The Hall–Kier alpha value is -1.08. The summed E-state index contributed by atoms with van der Waals surface area (Å²) in [6.45, 7) is 7.66. The minimum absolute atomic E-state index is 0. The van der Waals surface area contributed by atoms with Gasteiger partial charge in [-0.05, 0) is 50.7 Å². The molecule has 1 aromatic carbocycles. The van der Waals surface area contributed by atoms with E-state index in [1.54, 1.807) is 0 Å². The fraction of sp³-hybridized carbons (Fsp3) is 0.571. The number of ether oxygens (including phenoxy) is 1. The van der Waals surface area contributed by atoms with Crippen LogP contribution >= 0.6 is 24.0 Å². The van der Waals surface area contributed by atoms with Gasteiger partial charge in [0.05, 0.1) is 6.54 Å². The zero-order chi connectivity index (χ0) is 17.5. The molecule has 1 aliphatic heterocycles. The lowest BCUT2D eigenvalue weighted by atomic mass is 9.72. The first-order chi connectivity index (χ1) is 12.2. The first kappa shape index (κ1) is 21.2. The fourth-order valence-corrected chi connectivity index (χ4v) is 3.92. The number of hydrogen-bond donors (Lipinski definition) is 2. The molecule has 1 fully saturated rings. The molecular formula is C21H32IN3O. The Morgan fingerprint density at radius 3 is 2.54 bits per heavy atom. The van der Waals surface area contributed by atoms with Crippen molar-refractivity contribution in [2.24, 2.45) is 4.99 Å². The molecule has 4 nitrogen and oxygen atoms in total. The van der Waals surface area contributed by atoms with Crippen molar-refractivity contribution in [3.63, 3.8) is 0 Å². The number of hydrogen-bond acceptors (Lipinski definition) is 2. The molecule has 1 aliphatic carbocycles. The number of rotatable bonds is 5. The molecule has 0 bridgehead atoms. The molecule has 26 heavy (non-hydrogen) atoms. The molecule has 2 N–H and O–H groups in total. The standard InChI is InChI=1S/C21H31N3O.HI/c1-3-22-20(24-18-9-5-6-10-18)23-16-21(12-14-25-15-13-21)19-11-7-4-8-17(19)2;/h4-8,11,18H,3,9-10,12-16H2,1-2H3,(H2,22,23,24);1H. The highest BCUT2D eigenvalue weighted by Gasteiger charge is 2.35. The number of nitrogens with zero attached hydrogens (tertiary/aromatic N) is 1. The van der Waals surface area contributed by atoms with Crippen LogP contribution in [0.15, 0.2) is 41.4 Å². The molecule has 0 spiro atoms. The maximum atomic E-state index is 5.66. The van der Waals surface area contributed by atoms with E-state index in [4.69, 9.17) is 9.73 Å². The normalized spacial score (nSPS) is 19.8. The van der Waals surface area contributed by atoms with Crippen molar-refractivity contribution < 1.29 is 4.74 Å². The number of halogens is 1. The molecule has 0 amide bonds. The zero-order valence-electron chi connectivity index (χ0n) is 16.0. The lowest BCUT2D eigenvalue weighted by Crippen LogP contribution is -2.44. The van der Waals surface area contributed by atoms with E-state index in [1.165, 1.54) is 11.1 Å². The Labute approximate surface area is 174 Å². The molecule has 0 aromatic heterocycles. The van der Waals surface area contributed by atoms with Crippen LogP contribution in [0.3, 0.4) is 0 Å². The molecule has 1 aromatic rings. The van der Waals surface area contributed by atoms with Crippen LogP contribution in [0.5, 0.6) is 0 Å². The summed E-state index contributed by atoms with van der Waals surface area (Å²) in [6.07, 6.45) is 8.73. The Morgan fingerprint density at radius 1 is 1.19 bits per heavy atom. The Bertz CT molecular complexity index is 615. The highest BCUT2D eigenvalue weighted by atomic mass is 127. The van der Waals surface area contributed by atoms with Crippen LogP contribution in [0.4, 0.5) is 0 Å². The van der Waals surface area contributed by atoms with Gasteiger partial charge in [0.15, 0.2) is 5.96 Å². The quantitative estimate of drug-likeness (QED) is 0.297. The molecule has 144 valence electrons. The fourth-order valence-electron chi connectivity index (χ4n) is 3.92. The highest BCUT2D eigenvalue weighted by molar-refractivity contribution is 14.0. The summed E-state index contributed by atoms with van der Waals surface area (Å²) in [5.41, 5.74) is 2.87. The van der Waals surface area contributed by atoms with Crippen molar-refractivity contribution >= 4 is 29.9 Å². The van der Waals surface area contributed by atoms with Crippen molar-refractivity contribution in [3.05, 3.63) is 47.5 Å². The Morgan fingerprint density at radius 2 is 1.88 bits per heavy atom. The van der Waals surface area contributed by atoms with E-state index in [1.807, 2.05) is 0 Å². The van der Waals surface area contributed by atoms with Crippen LogP contribution in [-0.4, -0.2) is 38.3 Å². The third-order valence-corrected chi connectivity index (χ3v) is 5.40. The van der Waals surface area contributed by atoms with Crippen molar-refractivity contribution in [1.29, 1.82) is 0 Å². The third-order valence-electron chi connectivity index (χ3n) is 5.40. The van der Waals surface area contributed by atoms with Gasteiger partial charge < -0.3 is 15.4 Å². The summed E-state index contributed by atoms with van der Waals surface area (Å²) in [4.78, 5) is 5.00. The zero-order valence-corrected chi connectivity index (χ0v) is 18.3. The number of nitrogens with one attached hydrogen (secondary N) is 2. The summed E-state index contributed by atoms with van der Waals surface area (Å²) in [5, 5.41) is 7.00. The molecule has 2 aliphatic rings. The van der Waals surface area contributed by atoms with Gasteiger partial charge in [-0.25, -0.2) is 0 Å². The van der Waals surface area contributed by atoms with Crippen molar-refractivity contribution in [1.82, 2.24) is 10.6 Å². The second kappa shape index (κ2) is 10.3. The number of aryl methyl sites for hydroxylation is 1. The maximum Gasteiger partial charge on any atom is 0.191 e. The average molecular weight is 469 g/mol. The molecule has 3 rings (SSSR count). The van der Waals surface area contributed by atoms with Crippen LogP contribution < -0.4 is 10.6 Å². The van der Waals surface area contributed by atoms with Crippen LogP contribution in [0, 0.1) is 6.92 Å². The molecule has 0 saturated carbocycles. The minimum atomic E-state index is 0. The summed E-state index contributed by atoms with van der Waals surface area (Å²) >= 11 is 0. The largest absolute Gasteiger partial charge is 0.381 e. The van der Waals surface area contributed by atoms with Gasteiger partial charge in [0.1, 0.15) is 0 Å². The van der Waals surface area contributed by atoms with Crippen LogP contribution in [0.1, 0.15) is 43.7 Å². The van der Waals surface area contributed by atoms with Crippen molar-refractivity contribution in [3.8, 4) is 0 Å². The number of benzene rings is 1. The van der Waals surface area contributed by atoms with Gasteiger partial charge in [-0.2, -0.15) is 0 Å². The molecule has 5 heteroatoms. The molecule has 1 saturated heterocycles. The van der Waals surface area contributed by atoms with Gasteiger partial charge in [0.2, 0.25) is 0 Å². The third kappa shape index (κ3) is 5.22. The first-order valence-electron chi connectivity index (χ1n) is 9.57. The van der Waals surface area contributed by atoms with E-state index in [0.717, 1.165) is 57.9 Å². The second-order valence-electron chi connectivity index (χ2n) is 7.19. The first-order valence-corrected chi connectivity index (χ1v) is 9.57. The van der Waals surface area contributed by atoms with Crippen LogP contribution in [0.25, 0.3) is 0 Å². The van der Waals surface area contributed by atoms with Crippen molar-refractivity contribution in [2.75, 3.05) is 26.3 Å². The average Bonchev–Trinajstić information content (AvgIpc) is 3.14. The predicted molar refractivity (Wildman–Crippen MR) is 120 cm³/mol. The SMILES string of the molecule is CCNC(=NCC1(c2ccccc2C)CCOCC1)NC1CC=CC1.I. The number of aliphatic imine (C=N–C) groups is 1. The molecule has 1 heterocycles. The molecule has 0 radical (unpaired) electrons. The van der Waals surface area contributed by atoms with Gasteiger partial charge in [-0.3, -0.25) is 4.99 Å². The lowest BCUT2D eigenvalue weighted by molar-refractivity contribution is 0.0529. The Kier molecular flexibility index (Phi) is 8.41. The topological polar surface area (TPSA) is 45.7 Å². The summed E-state index contributed by atoms with van der Waals surface area (Å²) in [6, 6.07) is 9.23. The predicted octanol–water partition coefficient (Wildman–Crippen LogP) is 3.93. The second-order valence-corrected chi connectivity index (χ2v) is 7.19. The maximum absolute atomic E-state index is 5.66. The lowest BCUT2D eigenvalue weighted by Gasteiger charge is -2.37. The van der Waals surface area contributed by atoms with Gasteiger partial charge in [0, 0.05) is 31.2 Å². The van der Waals surface area contributed by atoms with Gasteiger partial charge in [-0.15, -0.1) is 24.0 Å². The van der Waals surface area contributed by atoms with E-state index in [2.05, 4.69) is 60.9 Å². The van der Waals surface area contributed by atoms with E-state index in [-0.39, 0.29) is 29.4 Å². The van der Waals surface area contributed by atoms with Crippen LogP contribution in [-0.2, 0) is 10.2 Å². The van der Waals surface area contributed by atoms with Gasteiger partial charge in [-0.1, -0.05) is 36.4 Å². The van der Waals surface area contributed by atoms with Gasteiger partial charge in [0.25, 0.3) is 0 Å². The minimum Gasteiger partial charge on any atom is -0.381 e. The van der Waals surface area contributed by atoms with E-state index in [0.29, 0.717) is 6.04 Å². The molecule has 0 unspecified atom stereocenters. The molecule has 0 atom stereocenters. The summed E-state index contributed by atoms with van der Waals surface area (Å²) in [7, 11) is 0. The van der Waals surface area contributed by atoms with E-state index >= 15 is 0 Å². The van der Waals surface area contributed by atoms with Gasteiger partial charge >= 0.3 is 0 Å². The van der Waals surface area contributed by atoms with Crippen LogP contribution in [0.2, 0.25) is 0 Å². The summed E-state index contributed by atoms with van der Waals surface area (Å²) < 4.78 is 5.66. The Balaban J connectivity index is 0.00000243. The summed E-state index contributed by atoms with van der Waals surface area (Å²) in [5.74, 6) is 0.940. The van der Waals surface area contributed by atoms with Crippen molar-refractivity contribution in [2.45, 2.75) is 51.0 Å². The van der Waals surface area contributed by atoms with E-state index in [9.17, 15) is 0 Å². The van der Waals surface area contributed by atoms with E-state index < -0.39 is 0 Å². The monoisotopic (exact) mass is 469 g/mol.